The van der Waals surface area contributed by atoms with Crippen molar-refractivity contribution < 1.29 is 0 Å². The Morgan fingerprint density at radius 3 is 2.95 bits per heavy atom. The first-order chi connectivity index (χ1) is 9.70. The lowest BCUT2D eigenvalue weighted by atomic mass is 10.0. The van der Waals surface area contributed by atoms with Gasteiger partial charge in [0.25, 0.3) is 0 Å². The van der Waals surface area contributed by atoms with Crippen molar-refractivity contribution in [3.8, 4) is 21.7 Å². The average molecular weight is 304 g/mol. The minimum Gasteiger partial charge on any atom is -0.382 e. The van der Waals surface area contributed by atoms with E-state index in [4.69, 9.17) is 17.3 Å². The third kappa shape index (κ3) is 2.21. The highest BCUT2D eigenvalue weighted by Crippen LogP contribution is 2.39. The van der Waals surface area contributed by atoms with Gasteiger partial charge in [-0.05, 0) is 41.1 Å². The summed E-state index contributed by atoms with van der Waals surface area (Å²) in [5.74, 6) is 0.498. The van der Waals surface area contributed by atoms with Crippen LogP contribution in [0, 0.1) is 0 Å². The number of rotatable bonds is 3. The van der Waals surface area contributed by atoms with E-state index >= 15 is 0 Å². The molecule has 0 aliphatic carbocycles. The molecule has 3 aromatic rings. The smallest absolute Gasteiger partial charge is 0.153 e. The number of hydrogen-bond donors (Lipinski definition) is 2. The fourth-order valence-corrected chi connectivity index (χ4v) is 3.48. The van der Waals surface area contributed by atoms with Crippen molar-refractivity contribution in [3.05, 3.63) is 46.3 Å². The van der Waals surface area contributed by atoms with Crippen molar-refractivity contribution in [2.45, 2.75) is 13.3 Å². The van der Waals surface area contributed by atoms with Crippen LogP contribution in [0.5, 0.6) is 0 Å². The minimum absolute atomic E-state index is 0.498. The molecular weight excluding hydrogens is 290 g/mol. The number of nitrogens with two attached hydrogens (primary N) is 1. The number of nitrogens with one attached hydrogen (secondary N) is 1. The Morgan fingerprint density at radius 1 is 1.35 bits per heavy atom. The Hall–Kier alpha value is -1.78. The number of halogens is 1. The second-order valence-corrected chi connectivity index (χ2v) is 5.85. The Kier molecular flexibility index (Phi) is 3.51. The molecule has 0 saturated heterocycles. The molecule has 0 saturated carbocycles. The largest absolute Gasteiger partial charge is 0.382 e. The molecule has 0 spiro atoms. The molecule has 2 aromatic heterocycles. The lowest BCUT2D eigenvalue weighted by Crippen LogP contribution is -1.89. The first kappa shape index (κ1) is 13.2. The van der Waals surface area contributed by atoms with E-state index in [1.54, 1.807) is 11.3 Å². The molecule has 3 nitrogen and oxygen atoms in total. The maximum absolute atomic E-state index is 6.08. The summed E-state index contributed by atoms with van der Waals surface area (Å²) in [6.45, 7) is 2.14. The zero-order chi connectivity index (χ0) is 14.1. The van der Waals surface area contributed by atoms with E-state index in [0.29, 0.717) is 10.8 Å². The quantitative estimate of drug-likeness (QED) is 0.742. The van der Waals surface area contributed by atoms with Crippen LogP contribution in [0.1, 0.15) is 12.5 Å². The standard InChI is InChI=1S/C15H14ClN3S/c1-2-9-6-7-20-14(9)13-12(15(17)19-18-13)10-4-3-5-11(16)8-10/h3-8H,2H2,1H3,(H3,17,18,19). The number of aryl methyl sites for hydroxylation is 1. The number of aromatic amines is 1. The molecule has 0 aliphatic heterocycles. The van der Waals surface area contributed by atoms with Gasteiger partial charge in [-0.2, -0.15) is 5.10 Å². The van der Waals surface area contributed by atoms with Gasteiger partial charge in [0.1, 0.15) is 0 Å². The number of H-pyrrole nitrogens is 1. The Balaban J connectivity index is 2.20. The van der Waals surface area contributed by atoms with E-state index < -0.39 is 0 Å². The van der Waals surface area contributed by atoms with Gasteiger partial charge in [0, 0.05) is 5.02 Å². The summed E-state index contributed by atoms with van der Waals surface area (Å²) in [7, 11) is 0. The highest BCUT2D eigenvalue weighted by molar-refractivity contribution is 7.13. The molecule has 1 aromatic carbocycles. The molecule has 0 fully saturated rings. The van der Waals surface area contributed by atoms with E-state index in [9.17, 15) is 0 Å². The molecule has 3 rings (SSSR count). The third-order valence-corrected chi connectivity index (χ3v) is 4.47. The third-order valence-electron chi connectivity index (χ3n) is 3.26. The first-order valence-electron chi connectivity index (χ1n) is 6.37. The lowest BCUT2D eigenvalue weighted by Gasteiger charge is -2.05. The van der Waals surface area contributed by atoms with E-state index in [1.807, 2.05) is 24.3 Å². The maximum Gasteiger partial charge on any atom is 0.153 e. The van der Waals surface area contributed by atoms with Crippen LogP contribution in [0.4, 0.5) is 5.82 Å². The highest BCUT2D eigenvalue weighted by Gasteiger charge is 2.17. The van der Waals surface area contributed by atoms with Gasteiger partial charge >= 0.3 is 0 Å². The number of thiophene rings is 1. The van der Waals surface area contributed by atoms with E-state index in [1.165, 1.54) is 10.4 Å². The summed E-state index contributed by atoms with van der Waals surface area (Å²) >= 11 is 7.77. The summed E-state index contributed by atoms with van der Waals surface area (Å²) in [4.78, 5) is 1.19. The molecule has 20 heavy (non-hydrogen) atoms. The van der Waals surface area contributed by atoms with Gasteiger partial charge in [-0.25, -0.2) is 0 Å². The number of hydrogen-bond acceptors (Lipinski definition) is 3. The molecule has 2 heterocycles. The van der Waals surface area contributed by atoms with E-state index in [0.717, 1.165) is 23.2 Å². The first-order valence-corrected chi connectivity index (χ1v) is 7.63. The topological polar surface area (TPSA) is 54.7 Å². The summed E-state index contributed by atoms with van der Waals surface area (Å²) < 4.78 is 0. The van der Waals surface area contributed by atoms with Gasteiger partial charge in [0.15, 0.2) is 5.82 Å². The van der Waals surface area contributed by atoms with Gasteiger partial charge in [-0.1, -0.05) is 30.7 Å². The van der Waals surface area contributed by atoms with Crippen LogP contribution in [0.3, 0.4) is 0 Å². The van der Waals surface area contributed by atoms with Crippen LogP contribution in [-0.4, -0.2) is 10.2 Å². The van der Waals surface area contributed by atoms with Crippen LogP contribution in [0.2, 0.25) is 5.02 Å². The number of anilines is 1. The molecule has 0 bridgehead atoms. The van der Waals surface area contributed by atoms with Crippen molar-refractivity contribution in [3.63, 3.8) is 0 Å². The monoisotopic (exact) mass is 303 g/mol. The Morgan fingerprint density at radius 2 is 2.20 bits per heavy atom. The summed E-state index contributed by atoms with van der Waals surface area (Å²) in [5, 5.41) is 10.0. The zero-order valence-corrected chi connectivity index (χ0v) is 12.6. The van der Waals surface area contributed by atoms with Gasteiger partial charge in [-0.15, -0.1) is 11.3 Å². The molecule has 102 valence electrons. The average Bonchev–Trinajstić information content (AvgIpc) is 3.04. The number of aromatic nitrogens is 2. The molecule has 5 heteroatoms. The molecule has 0 unspecified atom stereocenters. The van der Waals surface area contributed by atoms with Crippen LogP contribution in [-0.2, 0) is 6.42 Å². The molecule has 0 radical (unpaired) electrons. The maximum atomic E-state index is 6.08. The number of benzene rings is 1. The van der Waals surface area contributed by atoms with Gasteiger partial charge in [0.05, 0.1) is 16.1 Å². The van der Waals surface area contributed by atoms with Crippen molar-refractivity contribution >= 4 is 28.8 Å². The van der Waals surface area contributed by atoms with Crippen LogP contribution in [0.25, 0.3) is 21.7 Å². The second kappa shape index (κ2) is 5.31. The van der Waals surface area contributed by atoms with Gasteiger partial charge in [0.2, 0.25) is 0 Å². The summed E-state index contributed by atoms with van der Waals surface area (Å²) in [5.41, 5.74) is 10.2. The van der Waals surface area contributed by atoms with Crippen molar-refractivity contribution in [1.29, 1.82) is 0 Å². The SMILES string of the molecule is CCc1ccsc1-c1[nH]nc(N)c1-c1cccc(Cl)c1. The predicted octanol–water partition coefficient (Wildman–Crippen LogP) is 4.60. The predicted molar refractivity (Wildman–Crippen MR) is 86.1 cm³/mol. The molecule has 0 amide bonds. The molecule has 3 N–H and O–H groups in total. The molecule has 0 atom stereocenters. The fourth-order valence-electron chi connectivity index (χ4n) is 2.29. The number of nitrogens with zero attached hydrogens (tertiary/aromatic N) is 1. The highest BCUT2D eigenvalue weighted by atomic mass is 35.5. The normalized spacial score (nSPS) is 10.9. The Labute approximate surface area is 126 Å². The van der Waals surface area contributed by atoms with E-state index in [2.05, 4.69) is 28.6 Å². The Bertz CT molecular complexity index is 745. The van der Waals surface area contributed by atoms with Crippen molar-refractivity contribution in [1.82, 2.24) is 10.2 Å². The fraction of sp³-hybridized carbons (Fsp3) is 0.133. The lowest BCUT2D eigenvalue weighted by molar-refractivity contribution is 1.10. The van der Waals surface area contributed by atoms with Gasteiger partial charge < -0.3 is 5.73 Å². The summed E-state index contributed by atoms with van der Waals surface area (Å²) in [6.07, 6.45) is 0.979. The second-order valence-electron chi connectivity index (χ2n) is 4.50. The molecule has 0 aliphatic rings. The zero-order valence-electron chi connectivity index (χ0n) is 11.0. The van der Waals surface area contributed by atoms with Crippen LogP contribution >= 0.6 is 22.9 Å². The number of nitrogen functional groups attached to an aromatic ring is 1. The van der Waals surface area contributed by atoms with Crippen molar-refractivity contribution in [2.75, 3.05) is 5.73 Å². The summed E-state index contributed by atoms with van der Waals surface area (Å²) in [6, 6.07) is 9.81. The van der Waals surface area contributed by atoms with Crippen molar-refractivity contribution in [2.24, 2.45) is 0 Å². The minimum atomic E-state index is 0.498. The molecular formula is C15H14ClN3S. The van der Waals surface area contributed by atoms with Crippen LogP contribution < -0.4 is 5.73 Å². The van der Waals surface area contributed by atoms with E-state index in [-0.39, 0.29) is 0 Å². The van der Waals surface area contributed by atoms with Crippen LogP contribution in [0.15, 0.2) is 35.7 Å². The van der Waals surface area contributed by atoms with Gasteiger partial charge in [-0.3, -0.25) is 5.10 Å².